The average Bonchev–Trinajstić information content (AvgIpc) is 2.88. The molecule has 9 amide bonds. The van der Waals surface area contributed by atoms with Gasteiger partial charge in [-0.2, -0.15) is 5.32 Å². The first kappa shape index (κ1) is 36.5. The van der Waals surface area contributed by atoms with Crippen LogP contribution in [0.5, 0.6) is 0 Å². The first-order chi connectivity index (χ1) is 21.2. The van der Waals surface area contributed by atoms with Gasteiger partial charge < -0.3 is 32.7 Å². The Morgan fingerprint density at radius 3 is 1.98 bits per heavy atom. The summed E-state index contributed by atoms with van der Waals surface area (Å²) in [4.78, 5) is 60.6. The SMILES string of the molecule is CC1(C)CC(NC(=O)Nc2ccc(/C=C/C(=O)[NH2+]C(=O)NC3CC(C)(C)CC(C)(C[NH2+]C(N)=O)C3)cc2)CC(C)(CNC(N)=O)C1. The first-order valence-electron chi connectivity index (χ1n) is 16.0. The second-order valence-electron chi connectivity index (χ2n) is 15.7. The highest BCUT2D eigenvalue weighted by atomic mass is 16.2. The van der Waals surface area contributed by atoms with Gasteiger partial charge in [0, 0.05) is 35.8 Å². The van der Waals surface area contributed by atoms with Crippen LogP contribution in [-0.4, -0.2) is 55.2 Å². The van der Waals surface area contributed by atoms with E-state index in [0.717, 1.165) is 36.6 Å². The van der Waals surface area contributed by atoms with Crippen molar-refractivity contribution in [2.45, 2.75) is 92.2 Å². The molecule has 0 aliphatic heterocycles. The fraction of sp³-hybridized carbons (Fsp3) is 0.606. The number of amides is 9. The Bertz CT molecular complexity index is 1330. The van der Waals surface area contributed by atoms with Crippen LogP contribution in [0.2, 0.25) is 0 Å². The number of carbonyl (C=O) groups is 5. The molecule has 2 fully saturated rings. The number of nitrogens with two attached hydrogens (primary N) is 4. The lowest BCUT2D eigenvalue weighted by atomic mass is 9.62. The van der Waals surface area contributed by atoms with Crippen molar-refractivity contribution in [1.29, 1.82) is 0 Å². The molecule has 4 atom stereocenters. The Morgan fingerprint density at radius 1 is 0.826 bits per heavy atom. The van der Waals surface area contributed by atoms with Gasteiger partial charge in [-0.15, -0.1) is 0 Å². The third-order valence-corrected chi connectivity index (χ3v) is 8.94. The van der Waals surface area contributed by atoms with Crippen LogP contribution in [0.3, 0.4) is 0 Å². The van der Waals surface area contributed by atoms with Crippen LogP contribution in [0.15, 0.2) is 30.3 Å². The van der Waals surface area contributed by atoms with Gasteiger partial charge in [0.2, 0.25) is 0 Å². The van der Waals surface area contributed by atoms with Crippen LogP contribution >= 0.6 is 0 Å². The van der Waals surface area contributed by atoms with Crippen molar-refractivity contribution in [2.24, 2.45) is 33.1 Å². The third kappa shape index (κ3) is 12.1. The maximum absolute atomic E-state index is 12.8. The summed E-state index contributed by atoms with van der Waals surface area (Å²) >= 11 is 0. The molecule has 13 nitrogen and oxygen atoms in total. The smallest absolute Gasteiger partial charge is 0.352 e. The predicted octanol–water partition coefficient (Wildman–Crippen LogP) is 2.10. The zero-order chi connectivity index (χ0) is 34.3. The molecule has 1 aromatic rings. The number of benzene rings is 1. The van der Waals surface area contributed by atoms with Crippen LogP contribution in [0.1, 0.15) is 85.6 Å². The van der Waals surface area contributed by atoms with Crippen LogP contribution in [0.25, 0.3) is 6.08 Å². The van der Waals surface area contributed by atoms with E-state index in [0.29, 0.717) is 31.6 Å². The van der Waals surface area contributed by atoms with Gasteiger partial charge in [-0.25, -0.2) is 24.0 Å². The standard InChI is InChI=1S/C33H52N8O5/c1-30(2)13-23(15-32(5,17-30)19-36-26(34)43)39-28(45)38-22-10-7-21(8-11-22)9-12-25(42)41-29(46)40-24-14-31(3,4)18-33(6,16-24)20-37-27(35)44/h7-12,23-24H,13-20H2,1-6H3,(H3,34,36,43)(H3,35,37,44)(H2,38,39,45)(H2,40,41,42,46)/p+2/b12-9+. The number of urea groups is 4. The lowest BCUT2D eigenvalue weighted by molar-refractivity contribution is -0.570. The molecule has 2 saturated carbocycles. The van der Waals surface area contributed by atoms with Gasteiger partial charge >= 0.3 is 30.0 Å². The second kappa shape index (κ2) is 14.6. The van der Waals surface area contributed by atoms with Crippen LogP contribution in [0, 0.1) is 21.7 Å². The van der Waals surface area contributed by atoms with E-state index in [-0.39, 0.29) is 39.8 Å². The van der Waals surface area contributed by atoms with Gasteiger partial charge in [-0.1, -0.05) is 53.7 Å². The third-order valence-electron chi connectivity index (χ3n) is 8.94. The molecule has 13 heteroatoms. The normalized spacial score (nSPS) is 26.9. The summed E-state index contributed by atoms with van der Waals surface area (Å²) in [5.41, 5.74) is 11.5. The van der Waals surface area contributed by atoms with E-state index in [1.807, 2.05) is 0 Å². The van der Waals surface area contributed by atoms with Gasteiger partial charge in [0.15, 0.2) is 0 Å². The van der Waals surface area contributed by atoms with Crippen LogP contribution in [-0.2, 0) is 4.79 Å². The molecule has 2 aliphatic carbocycles. The molecule has 254 valence electrons. The molecule has 0 saturated heterocycles. The Kier molecular flexibility index (Phi) is 11.6. The molecule has 46 heavy (non-hydrogen) atoms. The van der Waals surface area contributed by atoms with Gasteiger partial charge in [0.1, 0.15) is 0 Å². The van der Waals surface area contributed by atoms with E-state index in [4.69, 9.17) is 11.5 Å². The highest BCUT2D eigenvalue weighted by molar-refractivity contribution is 5.91. The number of carbonyl (C=O) groups excluding carboxylic acids is 5. The number of quaternary nitrogens is 2. The van der Waals surface area contributed by atoms with E-state index in [1.165, 1.54) is 11.4 Å². The molecular weight excluding hydrogens is 588 g/mol. The van der Waals surface area contributed by atoms with Gasteiger partial charge in [-0.05, 0) is 78.5 Å². The number of hydrogen-bond acceptors (Lipinski definition) is 5. The van der Waals surface area contributed by atoms with Crippen molar-refractivity contribution >= 4 is 41.8 Å². The van der Waals surface area contributed by atoms with Crippen LogP contribution < -0.4 is 43.4 Å². The number of anilines is 1. The highest BCUT2D eigenvalue weighted by Crippen LogP contribution is 2.46. The van der Waals surface area contributed by atoms with Crippen molar-refractivity contribution in [3.05, 3.63) is 35.9 Å². The van der Waals surface area contributed by atoms with E-state index in [1.54, 1.807) is 30.3 Å². The monoisotopic (exact) mass is 642 g/mol. The minimum atomic E-state index is -0.556. The summed E-state index contributed by atoms with van der Waals surface area (Å²) in [5, 5.41) is 14.2. The van der Waals surface area contributed by atoms with Crippen molar-refractivity contribution in [1.82, 2.24) is 16.0 Å². The van der Waals surface area contributed by atoms with Gasteiger partial charge in [0.05, 0.1) is 6.54 Å². The quantitative estimate of drug-likeness (QED) is 0.189. The summed E-state index contributed by atoms with van der Waals surface area (Å²) in [7, 11) is 0. The molecule has 0 heterocycles. The fourth-order valence-corrected chi connectivity index (χ4v) is 8.04. The molecule has 0 radical (unpaired) electrons. The van der Waals surface area contributed by atoms with E-state index < -0.39 is 24.0 Å². The lowest BCUT2D eigenvalue weighted by Gasteiger charge is -2.46. The van der Waals surface area contributed by atoms with E-state index in [9.17, 15) is 24.0 Å². The number of nitrogens with one attached hydrogen (secondary N) is 4. The topological polar surface area (TPSA) is 219 Å². The molecule has 4 unspecified atom stereocenters. The van der Waals surface area contributed by atoms with Crippen LogP contribution in [0.4, 0.5) is 24.9 Å². The number of rotatable bonds is 9. The Morgan fingerprint density at radius 2 is 1.39 bits per heavy atom. The van der Waals surface area contributed by atoms with Gasteiger partial charge in [-0.3, -0.25) is 5.32 Å². The fourth-order valence-electron chi connectivity index (χ4n) is 8.04. The summed E-state index contributed by atoms with van der Waals surface area (Å²) < 4.78 is 0. The first-order valence-corrected chi connectivity index (χ1v) is 16.0. The zero-order valence-corrected chi connectivity index (χ0v) is 28.1. The van der Waals surface area contributed by atoms with Crippen molar-refractivity contribution in [3.8, 4) is 0 Å². The summed E-state index contributed by atoms with van der Waals surface area (Å²) in [6.07, 6.45) is 7.73. The minimum Gasteiger partial charge on any atom is -0.352 e. The highest BCUT2D eigenvalue weighted by Gasteiger charge is 2.44. The Balaban J connectivity index is 1.48. The minimum absolute atomic E-state index is 0.0199. The van der Waals surface area contributed by atoms with Crippen molar-refractivity contribution < 1.29 is 34.6 Å². The van der Waals surface area contributed by atoms with Crippen molar-refractivity contribution in [2.75, 3.05) is 18.4 Å². The van der Waals surface area contributed by atoms with E-state index >= 15 is 0 Å². The summed E-state index contributed by atoms with van der Waals surface area (Å²) in [5.74, 6) is -0.438. The number of primary amides is 5. The molecule has 0 spiro atoms. The van der Waals surface area contributed by atoms with E-state index in [2.05, 4.69) is 62.8 Å². The Hall–Kier alpha value is -3.97. The van der Waals surface area contributed by atoms with Crippen molar-refractivity contribution in [3.63, 3.8) is 0 Å². The largest absolute Gasteiger partial charge is 0.421 e. The maximum Gasteiger partial charge on any atom is 0.421 e. The lowest BCUT2D eigenvalue weighted by Crippen LogP contribution is -2.94. The number of hydrogen-bond donors (Lipinski definition) is 8. The predicted molar refractivity (Wildman–Crippen MR) is 176 cm³/mol. The second-order valence-corrected chi connectivity index (χ2v) is 15.7. The molecule has 0 bridgehead atoms. The summed E-state index contributed by atoms with van der Waals surface area (Å²) in [6, 6.07) is 5.04. The maximum atomic E-state index is 12.8. The molecule has 1 aromatic carbocycles. The Labute approximate surface area is 271 Å². The molecular formula is C33H54N8O5+2. The molecule has 3 rings (SSSR count). The van der Waals surface area contributed by atoms with Gasteiger partial charge in [0.25, 0.3) is 0 Å². The summed E-state index contributed by atoms with van der Waals surface area (Å²) in [6.45, 7) is 13.8. The zero-order valence-electron chi connectivity index (χ0n) is 28.1. The average molecular weight is 643 g/mol. The molecule has 2 aliphatic rings. The molecule has 12 N–H and O–H groups in total. The molecule has 0 aromatic heterocycles. The number of imide groups is 1.